The predicted molar refractivity (Wildman–Crippen MR) is 64.7 cm³/mol. The van der Waals surface area contributed by atoms with E-state index in [0.717, 1.165) is 0 Å². The van der Waals surface area contributed by atoms with Crippen LogP contribution in [0.25, 0.3) is 0 Å². The highest BCUT2D eigenvalue weighted by Gasteiger charge is 2.00. The van der Waals surface area contributed by atoms with Crippen LogP contribution in [-0.2, 0) is 14.4 Å². The topological polar surface area (TPSA) is 152 Å². The van der Waals surface area contributed by atoms with Crippen molar-refractivity contribution < 1.29 is 39.9 Å². The average molecular weight is 284 g/mol. The molecule has 0 saturated heterocycles. The van der Waals surface area contributed by atoms with E-state index in [2.05, 4.69) is 12.6 Å². The van der Waals surface area contributed by atoms with Crippen LogP contribution in [-0.4, -0.2) is 61.9 Å². The van der Waals surface area contributed by atoms with Gasteiger partial charge in [-0.2, -0.15) is 12.6 Å². The van der Waals surface area contributed by atoms with Gasteiger partial charge in [-0.25, -0.2) is 9.59 Å². The SMILES string of the molecule is CC(S)C(=O)O.O=C(O)/C=C\C(=O)O.OCCO. The number of hydrogen-bond acceptors (Lipinski definition) is 6. The highest BCUT2D eigenvalue weighted by atomic mass is 32.1. The fourth-order valence-electron chi connectivity index (χ4n) is 0.143. The van der Waals surface area contributed by atoms with Crippen molar-refractivity contribution in [2.75, 3.05) is 13.2 Å². The molecule has 5 N–H and O–H groups in total. The summed E-state index contributed by atoms with van der Waals surface area (Å²) in [7, 11) is 0. The Kier molecular flexibility index (Phi) is 18.6. The molecule has 0 aromatic rings. The van der Waals surface area contributed by atoms with Crippen molar-refractivity contribution in [3.8, 4) is 0 Å². The maximum absolute atomic E-state index is 9.62. The lowest BCUT2D eigenvalue weighted by Gasteiger charge is -1.88. The van der Waals surface area contributed by atoms with Crippen LogP contribution < -0.4 is 0 Å². The second kappa shape index (κ2) is 15.4. The van der Waals surface area contributed by atoms with E-state index >= 15 is 0 Å². The Labute approximate surface area is 109 Å². The molecule has 0 rings (SSSR count). The van der Waals surface area contributed by atoms with Crippen LogP contribution in [0.15, 0.2) is 12.2 Å². The molecule has 0 bridgehead atoms. The highest BCUT2D eigenvalue weighted by Crippen LogP contribution is 1.88. The quantitative estimate of drug-likeness (QED) is 0.286. The van der Waals surface area contributed by atoms with Crippen LogP contribution in [0.4, 0.5) is 0 Å². The lowest BCUT2D eigenvalue weighted by atomic mass is 10.5. The largest absolute Gasteiger partial charge is 0.480 e. The first-order valence-electron chi connectivity index (χ1n) is 4.45. The molecule has 18 heavy (non-hydrogen) atoms. The van der Waals surface area contributed by atoms with Gasteiger partial charge in [0.25, 0.3) is 0 Å². The van der Waals surface area contributed by atoms with Crippen LogP contribution in [0, 0.1) is 0 Å². The van der Waals surface area contributed by atoms with E-state index in [1.807, 2.05) is 0 Å². The molecule has 0 aliphatic rings. The number of aliphatic hydroxyl groups excluding tert-OH is 2. The molecule has 0 radical (unpaired) electrons. The maximum atomic E-state index is 9.62. The molecule has 0 spiro atoms. The Morgan fingerprint density at radius 2 is 1.22 bits per heavy atom. The number of thiol groups is 1. The summed E-state index contributed by atoms with van der Waals surface area (Å²) >= 11 is 3.59. The Morgan fingerprint density at radius 3 is 1.28 bits per heavy atom. The van der Waals surface area contributed by atoms with Crippen LogP contribution in [0.1, 0.15) is 6.92 Å². The lowest BCUT2D eigenvalue weighted by molar-refractivity contribution is -0.136. The minimum Gasteiger partial charge on any atom is -0.480 e. The molecule has 0 aromatic carbocycles. The normalized spacial score (nSPS) is 10.4. The van der Waals surface area contributed by atoms with Gasteiger partial charge in [-0.3, -0.25) is 4.79 Å². The van der Waals surface area contributed by atoms with E-state index in [9.17, 15) is 14.4 Å². The molecule has 0 aliphatic heterocycles. The van der Waals surface area contributed by atoms with Crippen LogP contribution in [0.3, 0.4) is 0 Å². The van der Waals surface area contributed by atoms with Gasteiger partial charge in [0.05, 0.1) is 18.5 Å². The van der Waals surface area contributed by atoms with Gasteiger partial charge in [-0.1, -0.05) is 0 Å². The molecular weight excluding hydrogens is 268 g/mol. The zero-order chi connectivity index (χ0) is 15.1. The van der Waals surface area contributed by atoms with Crippen LogP contribution in [0.2, 0.25) is 0 Å². The van der Waals surface area contributed by atoms with Gasteiger partial charge < -0.3 is 25.5 Å². The fourth-order valence-corrected chi connectivity index (χ4v) is 0.143. The minimum absolute atomic E-state index is 0.125. The number of aliphatic carboxylic acids is 3. The van der Waals surface area contributed by atoms with E-state index in [1.54, 1.807) is 0 Å². The summed E-state index contributed by atoms with van der Waals surface area (Å²) < 4.78 is 0. The molecule has 0 aromatic heterocycles. The molecule has 0 fully saturated rings. The summed E-state index contributed by atoms with van der Waals surface area (Å²) in [5.41, 5.74) is 0. The second-order valence-electron chi connectivity index (χ2n) is 2.47. The molecule has 1 atom stereocenters. The van der Waals surface area contributed by atoms with Gasteiger partial charge >= 0.3 is 17.9 Å². The monoisotopic (exact) mass is 284 g/mol. The fraction of sp³-hybridized carbons (Fsp3) is 0.444. The number of carboxylic acid groups (broad SMARTS) is 3. The molecule has 0 aliphatic carbocycles. The summed E-state index contributed by atoms with van der Waals surface area (Å²) in [6.07, 6.45) is 1.12. The van der Waals surface area contributed by atoms with Crippen molar-refractivity contribution in [2.45, 2.75) is 12.2 Å². The highest BCUT2D eigenvalue weighted by molar-refractivity contribution is 7.81. The van der Waals surface area contributed by atoms with Crippen molar-refractivity contribution in [2.24, 2.45) is 0 Å². The summed E-state index contributed by atoms with van der Waals surface area (Å²) in [6, 6.07) is 0. The van der Waals surface area contributed by atoms with E-state index < -0.39 is 23.2 Å². The first-order valence-corrected chi connectivity index (χ1v) is 4.97. The number of carboxylic acids is 3. The van der Waals surface area contributed by atoms with Gasteiger partial charge in [0.2, 0.25) is 0 Å². The molecule has 0 saturated carbocycles. The third-order valence-corrected chi connectivity index (χ3v) is 1.05. The summed E-state index contributed by atoms with van der Waals surface area (Å²) in [5.74, 6) is -3.39. The zero-order valence-corrected chi connectivity index (χ0v) is 10.4. The van der Waals surface area contributed by atoms with Gasteiger partial charge in [0.1, 0.15) is 0 Å². The third kappa shape index (κ3) is 36.6. The minimum atomic E-state index is -1.26. The Hall–Kier alpha value is -1.58. The zero-order valence-electron chi connectivity index (χ0n) is 9.55. The smallest absolute Gasteiger partial charge is 0.328 e. The predicted octanol–water partition coefficient (Wildman–Crippen LogP) is -0.928. The first-order chi connectivity index (χ1) is 8.18. The molecule has 0 amide bonds. The first kappa shape index (κ1) is 21.7. The Bertz CT molecular complexity index is 256. The van der Waals surface area contributed by atoms with Crippen molar-refractivity contribution in [1.82, 2.24) is 0 Å². The van der Waals surface area contributed by atoms with E-state index in [1.165, 1.54) is 6.92 Å². The third-order valence-electron chi connectivity index (χ3n) is 0.826. The van der Waals surface area contributed by atoms with E-state index in [-0.39, 0.29) is 13.2 Å². The van der Waals surface area contributed by atoms with E-state index in [4.69, 9.17) is 25.5 Å². The number of rotatable bonds is 4. The van der Waals surface area contributed by atoms with Crippen LogP contribution >= 0.6 is 12.6 Å². The van der Waals surface area contributed by atoms with Crippen molar-refractivity contribution in [3.63, 3.8) is 0 Å². The molecule has 106 valence electrons. The van der Waals surface area contributed by atoms with E-state index in [0.29, 0.717) is 12.2 Å². The van der Waals surface area contributed by atoms with Crippen molar-refractivity contribution >= 4 is 30.5 Å². The standard InChI is InChI=1S/C4H4O4.C3H6O2S.C2H6O2/c5-3(6)1-2-4(7)8;1-2(6)3(4)5;3-1-2-4/h1-2H,(H,5,6)(H,7,8);2,6H,1H3,(H,4,5);3-4H,1-2H2/b2-1-;;. The molecule has 9 heteroatoms. The number of hydrogen-bond donors (Lipinski definition) is 6. The molecule has 0 heterocycles. The van der Waals surface area contributed by atoms with Gasteiger partial charge in [0, 0.05) is 12.2 Å². The molecular formula is C9H16O8S. The lowest BCUT2D eigenvalue weighted by Crippen LogP contribution is -2.06. The summed E-state index contributed by atoms with van der Waals surface area (Å²) in [4.78, 5) is 28.7. The van der Waals surface area contributed by atoms with Crippen molar-refractivity contribution in [3.05, 3.63) is 12.2 Å². The Morgan fingerprint density at radius 1 is 1.00 bits per heavy atom. The second-order valence-corrected chi connectivity index (χ2v) is 3.25. The molecule has 1 unspecified atom stereocenters. The van der Waals surface area contributed by atoms with Gasteiger partial charge in [0.15, 0.2) is 0 Å². The van der Waals surface area contributed by atoms with Crippen molar-refractivity contribution in [1.29, 1.82) is 0 Å². The van der Waals surface area contributed by atoms with Gasteiger partial charge in [-0.15, -0.1) is 0 Å². The maximum Gasteiger partial charge on any atom is 0.328 e. The molecule has 8 nitrogen and oxygen atoms in total. The number of aliphatic hydroxyl groups is 2. The Balaban J connectivity index is -0.000000200. The summed E-state index contributed by atoms with van der Waals surface area (Å²) in [6.45, 7) is 1.26. The van der Waals surface area contributed by atoms with Gasteiger partial charge in [-0.05, 0) is 6.92 Å². The summed E-state index contributed by atoms with van der Waals surface area (Å²) in [5, 5.41) is 38.3. The average Bonchev–Trinajstić information content (AvgIpc) is 2.27. The number of carbonyl (C=O) groups is 3. The van der Waals surface area contributed by atoms with Crippen LogP contribution in [0.5, 0.6) is 0 Å².